The van der Waals surface area contributed by atoms with Crippen LogP contribution in [0.25, 0.3) is 11.0 Å². The maximum Gasteiger partial charge on any atom is 0.549 e. The average molecular weight is 492 g/mol. The normalized spacial score (nSPS) is 11.7. The molecule has 196 valence electrons. The maximum absolute atomic E-state index is 12.3. The van der Waals surface area contributed by atoms with Gasteiger partial charge in [0, 0.05) is 30.2 Å². The van der Waals surface area contributed by atoms with Gasteiger partial charge in [0.15, 0.2) is 5.82 Å². The number of ether oxygens (including phenoxy) is 1. The van der Waals surface area contributed by atoms with Gasteiger partial charge in [-0.15, -0.1) is 0 Å². The minimum atomic E-state index is -1.04. The Morgan fingerprint density at radius 3 is 2.37 bits per heavy atom. The van der Waals surface area contributed by atoms with Crippen molar-refractivity contribution in [2.24, 2.45) is 0 Å². The minimum absolute atomic E-state index is 0.139. The first kappa shape index (κ1) is 28.2. The molecule has 0 saturated heterocycles. The molecule has 0 radical (unpaired) electrons. The van der Waals surface area contributed by atoms with Crippen LogP contribution in [0.5, 0.6) is 0 Å². The van der Waals surface area contributed by atoms with Gasteiger partial charge >= 0.3 is 12.2 Å². The molecule has 35 heavy (non-hydrogen) atoms. The van der Waals surface area contributed by atoms with E-state index in [0.717, 1.165) is 47.4 Å². The second-order valence-electron chi connectivity index (χ2n) is 10.1. The summed E-state index contributed by atoms with van der Waals surface area (Å²) in [5.41, 5.74) is 9.34. The van der Waals surface area contributed by atoms with Crippen LogP contribution in [0.15, 0.2) is 0 Å². The third kappa shape index (κ3) is 7.22. The van der Waals surface area contributed by atoms with E-state index in [1.165, 1.54) is 4.90 Å². The molecule has 0 unspecified atom stereocenters. The van der Waals surface area contributed by atoms with Crippen molar-refractivity contribution in [3.8, 4) is 0 Å². The lowest BCUT2D eigenvalue weighted by atomic mass is 10.1. The predicted molar refractivity (Wildman–Crippen MR) is 135 cm³/mol. The van der Waals surface area contributed by atoms with E-state index >= 15 is 0 Å². The van der Waals surface area contributed by atoms with Crippen LogP contribution in [0.2, 0.25) is 0 Å². The van der Waals surface area contributed by atoms with E-state index in [0.29, 0.717) is 25.3 Å². The zero-order valence-corrected chi connectivity index (χ0v) is 22.4. The standard InChI is InChI=1S/C25H41N5O5/c1-9-10-14-30(25(6,7)8)23(31)34-35-24(32)33-15-12-11-13-29-20-17(4)18(5)27-21(26)19(20)28-22(29)16(2)3/h16H,9-15H2,1-8H3,(H2,26,27). The van der Waals surface area contributed by atoms with Crippen LogP contribution in [0, 0.1) is 13.8 Å². The summed E-state index contributed by atoms with van der Waals surface area (Å²) in [4.78, 5) is 44.2. The molecule has 10 heteroatoms. The second kappa shape index (κ2) is 12.1. The number of imidazole rings is 1. The molecule has 0 bridgehead atoms. The number of unbranched alkanes of at least 4 members (excludes halogenated alkanes) is 2. The number of anilines is 1. The van der Waals surface area contributed by atoms with Crippen LogP contribution in [0.4, 0.5) is 15.4 Å². The highest BCUT2D eigenvalue weighted by atomic mass is 17.2. The summed E-state index contributed by atoms with van der Waals surface area (Å²) in [6.45, 7) is 17.2. The SMILES string of the molecule is CCCCN(C(=O)OOC(=O)OCCCCn1c(C(C)C)nc2c(N)nc(C)c(C)c21)C(C)(C)C. The van der Waals surface area contributed by atoms with E-state index in [4.69, 9.17) is 20.3 Å². The van der Waals surface area contributed by atoms with Gasteiger partial charge in [-0.2, -0.15) is 4.79 Å². The van der Waals surface area contributed by atoms with E-state index in [9.17, 15) is 9.59 Å². The van der Waals surface area contributed by atoms with Crippen molar-refractivity contribution in [1.82, 2.24) is 19.4 Å². The summed E-state index contributed by atoms with van der Waals surface area (Å²) in [5, 5.41) is 0. The number of nitrogen functional groups attached to an aromatic ring is 1. The molecule has 0 aromatic carbocycles. The summed E-state index contributed by atoms with van der Waals surface area (Å²) in [6.07, 6.45) is 1.35. The smallest absolute Gasteiger partial charge is 0.432 e. The van der Waals surface area contributed by atoms with Crippen molar-refractivity contribution in [3.05, 3.63) is 17.1 Å². The first-order valence-corrected chi connectivity index (χ1v) is 12.3. The fraction of sp³-hybridized carbons (Fsp3) is 0.680. The molecule has 1 amide bonds. The number of carbonyl (C=O) groups is 2. The Morgan fingerprint density at radius 2 is 1.77 bits per heavy atom. The Kier molecular flexibility index (Phi) is 9.73. The maximum atomic E-state index is 12.3. The van der Waals surface area contributed by atoms with Gasteiger partial charge in [-0.25, -0.2) is 24.5 Å². The van der Waals surface area contributed by atoms with Crippen molar-refractivity contribution >= 4 is 29.1 Å². The number of hydrogen-bond donors (Lipinski definition) is 1. The fourth-order valence-corrected chi connectivity index (χ4v) is 3.87. The summed E-state index contributed by atoms with van der Waals surface area (Å²) < 4.78 is 7.25. The van der Waals surface area contributed by atoms with Crippen molar-refractivity contribution in [3.63, 3.8) is 0 Å². The number of hydrogen-bond acceptors (Lipinski definition) is 8. The first-order chi connectivity index (χ1) is 16.4. The molecule has 10 nitrogen and oxygen atoms in total. The largest absolute Gasteiger partial charge is 0.549 e. The zero-order chi connectivity index (χ0) is 26.3. The topological polar surface area (TPSA) is 122 Å². The summed E-state index contributed by atoms with van der Waals surface area (Å²) >= 11 is 0. The highest BCUT2D eigenvalue weighted by molar-refractivity contribution is 5.88. The Morgan fingerprint density at radius 1 is 1.09 bits per heavy atom. The van der Waals surface area contributed by atoms with Crippen molar-refractivity contribution < 1.29 is 24.1 Å². The van der Waals surface area contributed by atoms with Crippen LogP contribution >= 0.6 is 0 Å². The van der Waals surface area contributed by atoms with Crippen molar-refractivity contribution in [2.75, 3.05) is 18.9 Å². The van der Waals surface area contributed by atoms with E-state index in [1.807, 2.05) is 41.5 Å². The number of rotatable bonds is 9. The van der Waals surface area contributed by atoms with Crippen molar-refractivity contribution in [1.29, 1.82) is 0 Å². The van der Waals surface area contributed by atoms with Crippen LogP contribution in [0.3, 0.4) is 0 Å². The predicted octanol–water partition coefficient (Wildman–Crippen LogP) is 5.64. The lowest BCUT2D eigenvalue weighted by molar-refractivity contribution is -0.211. The molecule has 0 aliphatic heterocycles. The minimum Gasteiger partial charge on any atom is -0.432 e. The van der Waals surface area contributed by atoms with Gasteiger partial charge in [-0.05, 0) is 59.4 Å². The van der Waals surface area contributed by atoms with Gasteiger partial charge in [0.2, 0.25) is 0 Å². The van der Waals surface area contributed by atoms with Crippen LogP contribution in [0.1, 0.15) is 90.2 Å². The summed E-state index contributed by atoms with van der Waals surface area (Å²) in [5.74, 6) is 1.59. The molecular formula is C25H41N5O5. The van der Waals surface area contributed by atoms with Gasteiger partial charge in [-0.1, -0.05) is 27.2 Å². The molecule has 2 aromatic rings. The molecule has 2 rings (SSSR count). The number of pyridine rings is 1. The van der Waals surface area contributed by atoms with Gasteiger partial charge in [-0.3, -0.25) is 0 Å². The molecule has 0 fully saturated rings. The number of nitrogens with zero attached hydrogens (tertiary/aromatic N) is 4. The third-order valence-electron chi connectivity index (χ3n) is 5.88. The Bertz CT molecular complexity index is 1030. The van der Waals surface area contributed by atoms with Crippen LogP contribution in [-0.2, 0) is 21.1 Å². The molecular weight excluding hydrogens is 450 g/mol. The molecule has 0 spiro atoms. The lowest BCUT2D eigenvalue weighted by Crippen LogP contribution is -2.46. The second-order valence-corrected chi connectivity index (χ2v) is 10.1. The lowest BCUT2D eigenvalue weighted by Gasteiger charge is -2.33. The molecule has 2 N–H and O–H groups in total. The molecule has 0 aliphatic rings. The monoisotopic (exact) mass is 491 g/mol. The van der Waals surface area contributed by atoms with Gasteiger partial charge in [0.1, 0.15) is 11.3 Å². The zero-order valence-electron chi connectivity index (χ0n) is 22.4. The van der Waals surface area contributed by atoms with Gasteiger partial charge in [0.25, 0.3) is 0 Å². The van der Waals surface area contributed by atoms with Crippen molar-refractivity contribution in [2.45, 2.75) is 99.1 Å². The summed E-state index contributed by atoms with van der Waals surface area (Å²) in [7, 11) is 0. The molecule has 0 saturated carbocycles. The van der Waals surface area contributed by atoms with E-state index in [2.05, 4.69) is 28.3 Å². The summed E-state index contributed by atoms with van der Waals surface area (Å²) in [6, 6.07) is 0. The third-order valence-corrected chi connectivity index (χ3v) is 5.88. The fourth-order valence-electron chi connectivity index (χ4n) is 3.87. The van der Waals surface area contributed by atoms with E-state index < -0.39 is 17.8 Å². The van der Waals surface area contributed by atoms with E-state index in [-0.39, 0.29) is 12.5 Å². The Hall–Kier alpha value is -3.04. The van der Waals surface area contributed by atoms with Gasteiger partial charge in [0.05, 0.1) is 12.1 Å². The number of fused-ring (bicyclic) bond motifs is 1. The molecule has 0 aliphatic carbocycles. The highest BCUT2D eigenvalue weighted by Gasteiger charge is 2.29. The van der Waals surface area contributed by atoms with Crippen LogP contribution < -0.4 is 5.73 Å². The number of carbonyl (C=O) groups excluding carboxylic acids is 2. The number of aromatic nitrogens is 3. The van der Waals surface area contributed by atoms with Gasteiger partial charge < -0.3 is 19.9 Å². The molecule has 2 heterocycles. The first-order valence-electron chi connectivity index (χ1n) is 12.3. The number of amides is 1. The molecule has 2 aromatic heterocycles. The molecule has 0 atom stereocenters. The quantitative estimate of drug-likeness (QED) is 0.207. The Labute approximate surface area is 208 Å². The number of aryl methyl sites for hydroxylation is 3. The Balaban J connectivity index is 1.88. The number of nitrogens with two attached hydrogens (primary N) is 1. The van der Waals surface area contributed by atoms with E-state index in [1.54, 1.807) is 0 Å². The van der Waals surface area contributed by atoms with Crippen LogP contribution in [-0.4, -0.2) is 50.4 Å². The highest BCUT2D eigenvalue weighted by Crippen LogP contribution is 2.29. The average Bonchev–Trinajstić information content (AvgIpc) is 3.16.